The summed E-state index contributed by atoms with van der Waals surface area (Å²) in [6, 6.07) is 9.19. The van der Waals surface area contributed by atoms with Crippen molar-refractivity contribution in [2.75, 3.05) is 52.4 Å². The summed E-state index contributed by atoms with van der Waals surface area (Å²) in [6.07, 6.45) is 7.40. The molecule has 3 fully saturated rings. The zero-order valence-corrected chi connectivity index (χ0v) is 23.9. The molecule has 10 heteroatoms. The SMILES string of the molecule is COc1c(NCC2CCCC(c3ccc(C)cc3)O2)ncnc1C(=O)N1CCC(NC2CCOCC2OC)CC1. The second-order valence-corrected chi connectivity index (χ2v) is 11.1. The van der Waals surface area contributed by atoms with E-state index in [1.165, 1.54) is 17.5 Å². The summed E-state index contributed by atoms with van der Waals surface area (Å²) in [4.78, 5) is 24.1. The number of nitrogens with zero attached hydrogens (tertiary/aromatic N) is 3. The lowest BCUT2D eigenvalue weighted by molar-refractivity contribution is -0.0533. The molecule has 10 nitrogen and oxygen atoms in total. The van der Waals surface area contributed by atoms with Gasteiger partial charge in [-0.15, -0.1) is 0 Å². The third-order valence-corrected chi connectivity index (χ3v) is 8.34. The lowest BCUT2D eigenvalue weighted by atomic mass is 9.97. The van der Waals surface area contributed by atoms with Gasteiger partial charge >= 0.3 is 0 Å². The van der Waals surface area contributed by atoms with Crippen LogP contribution in [-0.4, -0.2) is 92.1 Å². The topological polar surface area (TPSA) is 107 Å². The maximum atomic E-state index is 13.5. The van der Waals surface area contributed by atoms with E-state index in [2.05, 4.69) is 51.8 Å². The van der Waals surface area contributed by atoms with E-state index in [1.54, 1.807) is 14.2 Å². The van der Waals surface area contributed by atoms with Gasteiger partial charge in [-0.3, -0.25) is 4.79 Å². The number of rotatable bonds is 9. The number of piperidine rings is 1. The van der Waals surface area contributed by atoms with Crippen molar-refractivity contribution >= 4 is 11.7 Å². The van der Waals surface area contributed by atoms with Crippen LogP contribution in [0.25, 0.3) is 0 Å². The number of methoxy groups -OCH3 is 2. The highest BCUT2D eigenvalue weighted by Crippen LogP contribution is 2.32. The van der Waals surface area contributed by atoms with Crippen molar-refractivity contribution in [2.45, 2.75) is 75.8 Å². The zero-order valence-electron chi connectivity index (χ0n) is 23.9. The van der Waals surface area contributed by atoms with E-state index in [1.807, 2.05) is 4.90 Å². The van der Waals surface area contributed by atoms with Gasteiger partial charge in [0, 0.05) is 45.4 Å². The summed E-state index contributed by atoms with van der Waals surface area (Å²) in [6.45, 7) is 5.36. The van der Waals surface area contributed by atoms with Gasteiger partial charge in [-0.25, -0.2) is 9.97 Å². The van der Waals surface area contributed by atoms with Crippen LogP contribution >= 0.6 is 0 Å². The molecule has 3 aliphatic heterocycles. The summed E-state index contributed by atoms with van der Waals surface area (Å²) in [7, 11) is 3.29. The van der Waals surface area contributed by atoms with E-state index >= 15 is 0 Å². The molecule has 2 N–H and O–H groups in total. The van der Waals surface area contributed by atoms with Crippen molar-refractivity contribution in [1.82, 2.24) is 20.2 Å². The van der Waals surface area contributed by atoms with Crippen LogP contribution in [0.1, 0.15) is 66.2 Å². The van der Waals surface area contributed by atoms with Crippen LogP contribution in [0, 0.1) is 6.92 Å². The lowest BCUT2D eigenvalue weighted by Gasteiger charge is -2.38. The first kappa shape index (κ1) is 28.7. The Balaban J connectivity index is 1.16. The van der Waals surface area contributed by atoms with Crippen molar-refractivity contribution in [1.29, 1.82) is 0 Å². The van der Waals surface area contributed by atoms with Gasteiger partial charge < -0.3 is 34.5 Å². The van der Waals surface area contributed by atoms with Gasteiger partial charge in [0.15, 0.2) is 17.3 Å². The van der Waals surface area contributed by atoms with Gasteiger partial charge in [0.2, 0.25) is 0 Å². The van der Waals surface area contributed by atoms with Gasteiger partial charge in [-0.2, -0.15) is 0 Å². The molecule has 4 atom stereocenters. The smallest absolute Gasteiger partial charge is 0.276 e. The molecule has 4 unspecified atom stereocenters. The predicted octanol–water partition coefficient (Wildman–Crippen LogP) is 3.51. The summed E-state index contributed by atoms with van der Waals surface area (Å²) < 4.78 is 23.2. The number of anilines is 1. The molecule has 218 valence electrons. The van der Waals surface area contributed by atoms with E-state index in [-0.39, 0.29) is 36.0 Å². The molecule has 40 heavy (non-hydrogen) atoms. The molecule has 5 rings (SSSR count). The van der Waals surface area contributed by atoms with Crippen LogP contribution in [-0.2, 0) is 14.2 Å². The van der Waals surface area contributed by atoms with Crippen molar-refractivity contribution in [3.8, 4) is 5.75 Å². The van der Waals surface area contributed by atoms with E-state index in [9.17, 15) is 4.79 Å². The Morgan fingerprint density at radius 3 is 2.62 bits per heavy atom. The predicted molar refractivity (Wildman–Crippen MR) is 152 cm³/mol. The number of amides is 1. The summed E-state index contributed by atoms with van der Waals surface area (Å²) >= 11 is 0. The van der Waals surface area contributed by atoms with Gasteiger partial charge in [0.05, 0.1) is 32.0 Å². The van der Waals surface area contributed by atoms with E-state index in [0.717, 1.165) is 45.1 Å². The van der Waals surface area contributed by atoms with Crippen LogP contribution < -0.4 is 15.4 Å². The molecule has 2 aromatic rings. The van der Waals surface area contributed by atoms with Crippen molar-refractivity contribution in [2.24, 2.45) is 0 Å². The number of carbonyl (C=O) groups excluding carboxylic acids is 1. The average molecular weight is 554 g/mol. The largest absolute Gasteiger partial charge is 0.491 e. The normalized spacial score (nSPS) is 25.9. The average Bonchev–Trinajstić information content (AvgIpc) is 3.00. The number of hydrogen-bond acceptors (Lipinski definition) is 9. The van der Waals surface area contributed by atoms with Gasteiger partial charge in [-0.05, 0) is 51.0 Å². The molecule has 0 saturated carbocycles. The number of nitrogens with one attached hydrogen (secondary N) is 2. The third kappa shape index (κ3) is 6.91. The number of aryl methyl sites for hydroxylation is 1. The van der Waals surface area contributed by atoms with E-state index in [0.29, 0.717) is 43.9 Å². The summed E-state index contributed by atoms with van der Waals surface area (Å²) in [5.74, 6) is 0.766. The first-order chi connectivity index (χ1) is 19.6. The first-order valence-electron chi connectivity index (χ1n) is 14.6. The minimum atomic E-state index is -0.130. The fraction of sp³-hybridized carbons (Fsp3) is 0.633. The maximum absolute atomic E-state index is 13.5. The minimum Gasteiger partial charge on any atom is -0.491 e. The molecule has 1 amide bonds. The number of hydrogen-bond donors (Lipinski definition) is 2. The molecule has 4 heterocycles. The molecule has 0 bridgehead atoms. The van der Waals surface area contributed by atoms with Crippen LogP contribution in [0.5, 0.6) is 5.75 Å². The monoisotopic (exact) mass is 553 g/mol. The Hall–Kier alpha value is -2.79. The van der Waals surface area contributed by atoms with Gasteiger partial charge in [0.25, 0.3) is 5.91 Å². The lowest BCUT2D eigenvalue weighted by Crippen LogP contribution is -2.54. The molecule has 0 radical (unpaired) electrons. The van der Waals surface area contributed by atoms with E-state index in [4.69, 9.17) is 18.9 Å². The van der Waals surface area contributed by atoms with E-state index < -0.39 is 0 Å². The standard InChI is InChI=1S/C30H43N5O5/c1-20-7-9-21(10-8-20)25-6-4-5-23(40-25)17-31-29-28(38-3)27(32-19-33-29)30(36)35-14-11-22(12-15-35)34-24-13-16-39-18-26(24)37-2/h7-10,19,22-26,34H,4-6,11-18H2,1-3H3,(H,31,32,33). The Bertz CT molecular complexity index is 1110. The molecule has 3 saturated heterocycles. The molecule has 0 spiro atoms. The molecular formula is C30H43N5O5. The van der Waals surface area contributed by atoms with Crippen LogP contribution in [0.4, 0.5) is 5.82 Å². The second-order valence-electron chi connectivity index (χ2n) is 11.1. The fourth-order valence-electron chi connectivity index (χ4n) is 5.97. The number of carbonyl (C=O) groups is 1. The Morgan fingerprint density at radius 2 is 1.88 bits per heavy atom. The molecule has 1 aromatic heterocycles. The highest BCUT2D eigenvalue weighted by molar-refractivity contribution is 5.96. The highest BCUT2D eigenvalue weighted by atomic mass is 16.5. The third-order valence-electron chi connectivity index (χ3n) is 8.34. The maximum Gasteiger partial charge on any atom is 0.276 e. The second kappa shape index (κ2) is 13.7. The number of likely N-dealkylation sites (tertiary alicyclic amines) is 1. The Kier molecular flexibility index (Phi) is 9.85. The van der Waals surface area contributed by atoms with Gasteiger partial charge in [0.1, 0.15) is 6.33 Å². The Labute approximate surface area is 237 Å². The quantitative estimate of drug-likeness (QED) is 0.482. The fourth-order valence-corrected chi connectivity index (χ4v) is 5.97. The van der Waals surface area contributed by atoms with Crippen molar-refractivity contribution in [3.05, 3.63) is 47.4 Å². The van der Waals surface area contributed by atoms with Gasteiger partial charge in [-0.1, -0.05) is 29.8 Å². The zero-order chi connectivity index (χ0) is 27.9. The first-order valence-corrected chi connectivity index (χ1v) is 14.6. The highest BCUT2D eigenvalue weighted by Gasteiger charge is 2.32. The molecule has 3 aliphatic rings. The van der Waals surface area contributed by atoms with Crippen molar-refractivity contribution in [3.63, 3.8) is 0 Å². The number of ether oxygens (including phenoxy) is 4. The van der Waals surface area contributed by atoms with Crippen molar-refractivity contribution < 1.29 is 23.7 Å². The molecular weight excluding hydrogens is 510 g/mol. The molecule has 0 aliphatic carbocycles. The molecule has 1 aromatic carbocycles. The van der Waals surface area contributed by atoms with Crippen LogP contribution in [0.2, 0.25) is 0 Å². The summed E-state index contributed by atoms with van der Waals surface area (Å²) in [5.41, 5.74) is 2.75. The Morgan fingerprint density at radius 1 is 1.07 bits per heavy atom. The van der Waals surface area contributed by atoms with Crippen LogP contribution in [0.3, 0.4) is 0 Å². The summed E-state index contributed by atoms with van der Waals surface area (Å²) in [5, 5.41) is 7.11. The number of aromatic nitrogens is 2. The minimum absolute atomic E-state index is 0.0406. The van der Waals surface area contributed by atoms with Crippen LogP contribution in [0.15, 0.2) is 30.6 Å². The number of benzene rings is 1.